The highest BCUT2D eigenvalue weighted by Gasteiger charge is 2.54. The van der Waals surface area contributed by atoms with E-state index < -0.39 is 9.05 Å². The first-order valence-electron chi connectivity index (χ1n) is 16.0. The molecule has 3 saturated carbocycles. The van der Waals surface area contributed by atoms with E-state index in [2.05, 4.69) is 40.7 Å². The Balaban J connectivity index is 1.39. The first-order valence-corrected chi connectivity index (χ1v) is 18.3. The summed E-state index contributed by atoms with van der Waals surface area (Å²) in [6, 6.07) is 7.33. The van der Waals surface area contributed by atoms with Crippen molar-refractivity contribution in [2.75, 3.05) is 0 Å². The first kappa shape index (κ1) is 30.4. The maximum Gasteiger partial charge on any atom is 0.261 e. The monoisotopic (exact) mass is 562 g/mol. The van der Waals surface area contributed by atoms with Crippen molar-refractivity contribution in [2.45, 2.75) is 129 Å². The molecule has 0 aromatic heterocycles. The summed E-state index contributed by atoms with van der Waals surface area (Å²) < 4.78 is 23.7. The molecule has 0 aliphatic heterocycles. The number of hydrogen-bond donors (Lipinski definition) is 0. The Morgan fingerprint density at radius 3 is 2.53 bits per heavy atom. The molecule has 0 N–H and O–H groups in total. The van der Waals surface area contributed by atoms with Gasteiger partial charge in [0, 0.05) is 10.7 Å². The van der Waals surface area contributed by atoms with Gasteiger partial charge in [0.15, 0.2) is 0 Å². The number of rotatable bonds is 8. The molecule has 1 aromatic carbocycles. The quantitative estimate of drug-likeness (QED) is 0.295. The minimum Gasteiger partial charge on any atom is -0.207 e. The summed E-state index contributed by atoms with van der Waals surface area (Å²) in [5.41, 5.74) is 1.69. The summed E-state index contributed by atoms with van der Waals surface area (Å²) in [5, 5.41) is 0. The fraction of sp³-hybridized carbons (Fsp3) is 0.824. The second kappa shape index (κ2) is 13.0. The second-order valence-electron chi connectivity index (χ2n) is 14.6. The average molecular weight is 563 g/mol. The maximum atomic E-state index is 11.8. The minimum absolute atomic E-state index is 0.238. The van der Waals surface area contributed by atoms with E-state index in [4.69, 9.17) is 10.7 Å². The Morgan fingerprint density at radius 1 is 1.00 bits per heavy atom. The molecule has 0 bridgehead atoms. The van der Waals surface area contributed by atoms with Gasteiger partial charge in [-0.15, -0.1) is 0 Å². The van der Waals surface area contributed by atoms with Crippen LogP contribution in [0.15, 0.2) is 29.2 Å². The van der Waals surface area contributed by atoms with Crippen LogP contribution in [0.1, 0.15) is 124 Å². The van der Waals surface area contributed by atoms with Gasteiger partial charge in [0.1, 0.15) is 0 Å². The SMILES string of the molecule is CC(C)CCCC(C)C1CCC2C3CCC(C)CC(Cc4cccc(S(=O)(=O)Cl)c4)CCCC3CCC12C. The van der Waals surface area contributed by atoms with Crippen LogP contribution in [0.25, 0.3) is 0 Å². The van der Waals surface area contributed by atoms with Crippen LogP contribution >= 0.6 is 10.7 Å². The van der Waals surface area contributed by atoms with Crippen molar-refractivity contribution < 1.29 is 8.42 Å². The van der Waals surface area contributed by atoms with Crippen LogP contribution in [0.2, 0.25) is 0 Å². The number of hydrogen-bond acceptors (Lipinski definition) is 2. The van der Waals surface area contributed by atoms with Crippen molar-refractivity contribution in [3.05, 3.63) is 29.8 Å². The van der Waals surface area contributed by atoms with Gasteiger partial charge in [-0.2, -0.15) is 0 Å². The molecule has 3 aliphatic rings. The summed E-state index contributed by atoms with van der Waals surface area (Å²) in [7, 11) is 1.96. The third kappa shape index (κ3) is 7.39. The molecule has 4 rings (SSSR count). The van der Waals surface area contributed by atoms with Crippen LogP contribution in [0.4, 0.5) is 0 Å². The summed E-state index contributed by atoms with van der Waals surface area (Å²) in [4.78, 5) is 0.238. The fourth-order valence-corrected chi connectivity index (χ4v) is 10.3. The van der Waals surface area contributed by atoms with E-state index in [9.17, 15) is 8.42 Å². The Kier molecular flexibility index (Phi) is 10.4. The molecule has 0 heterocycles. The molecule has 3 aliphatic carbocycles. The molecule has 8 atom stereocenters. The molecule has 0 spiro atoms. The first-order chi connectivity index (χ1) is 18.0. The highest BCUT2D eigenvalue weighted by Crippen LogP contribution is 2.62. The molecule has 0 saturated heterocycles. The minimum atomic E-state index is -3.67. The third-order valence-corrected chi connectivity index (χ3v) is 12.8. The van der Waals surface area contributed by atoms with Gasteiger partial charge in [0.2, 0.25) is 0 Å². The molecular weight excluding hydrogens is 508 g/mol. The summed E-state index contributed by atoms with van der Waals surface area (Å²) in [5.74, 6) is 6.81. The topological polar surface area (TPSA) is 34.1 Å². The Bertz CT molecular complexity index is 1000. The molecule has 2 nitrogen and oxygen atoms in total. The maximum absolute atomic E-state index is 11.8. The second-order valence-corrected chi connectivity index (χ2v) is 17.1. The van der Waals surface area contributed by atoms with Gasteiger partial charge in [0.25, 0.3) is 9.05 Å². The predicted molar refractivity (Wildman–Crippen MR) is 162 cm³/mol. The molecule has 216 valence electrons. The van der Waals surface area contributed by atoms with Gasteiger partial charge in [0.05, 0.1) is 4.90 Å². The zero-order chi connectivity index (χ0) is 27.5. The zero-order valence-corrected chi connectivity index (χ0v) is 26.5. The standard InChI is InChI=1S/C34H55ClO2S/c1-24(2)9-6-10-26(4)32-17-18-33-31-16-15-25(3)21-27(11-7-13-29(31)19-20-34(32,33)5)22-28-12-8-14-30(23-28)38(35,36)37/h8,12,14,23-27,29,31-33H,6-7,9-11,13,15-22H2,1-5H3. The van der Waals surface area contributed by atoms with Gasteiger partial charge in [-0.1, -0.05) is 91.7 Å². The highest BCUT2D eigenvalue weighted by molar-refractivity contribution is 8.13. The van der Waals surface area contributed by atoms with E-state index in [0.29, 0.717) is 11.3 Å². The third-order valence-electron chi connectivity index (χ3n) is 11.4. The molecular formula is C34H55ClO2S. The summed E-state index contributed by atoms with van der Waals surface area (Å²) in [6.07, 6.45) is 19.1. The Hall–Kier alpha value is -0.540. The normalized spacial score (nSPS) is 35.4. The lowest BCUT2D eigenvalue weighted by Gasteiger charge is -2.51. The van der Waals surface area contributed by atoms with Crippen LogP contribution in [0.3, 0.4) is 0 Å². The number of benzene rings is 1. The van der Waals surface area contributed by atoms with Crippen LogP contribution in [-0.2, 0) is 15.5 Å². The van der Waals surface area contributed by atoms with Gasteiger partial charge >= 0.3 is 0 Å². The average Bonchev–Trinajstić information content (AvgIpc) is 3.19. The van der Waals surface area contributed by atoms with Crippen molar-refractivity contribution in [1.82, 2.24) is 0 Å². The van der Waals surface area contributed by atoms with Crippen molar-refractivity contribution in [2.24, 2.45) is 52.8 Å². The lowest BCUT2D eigenvalue weighted by Crippen LogP contribution is -2.43. The number of halogens is 1. The highest BCUT2D eigenvalue weighted by atomic mass is 35.7. The largest absolute Gasteiger partial charge is 0.261 e. The molecule has 38 heavy (non-hydrogen) atoms. The molecule has 8 unspecified atom stereocenters. The summed E-state index contributed by atoms with van der Waals surface area (Å²) >= 11 is 0. The Labute approximate surface area is 239 Å². The van der Waals surface area contributed by atoms with Gasteiger partial charge in [-0.25, -0.2) is 8.42 Å². The van der Waals surface area contributed by atoms with E-state index in [-0.39, 0.29) is 4.90 Å². The lowest BCUT2D eigenvalue weighted by atomic mass is 9.54. The smallest absolute Gasteiger partial charge is 0.207 e. The van der Waals surface area contributed by atoms with Gasteiger partial charge < -0.3 is 0 Å². The Morgan fingerprint density at radius 2 is 1.79 bits per heavy atom. The summed E-state index contributed by atoms with van der Waals surface area (Å²) in [6.45, 7) is 12.5. The van der Waals surface area contributed by atoms with Crippen LogP contribution in [-0.4, -0.2) is 8.42 Å². The van der Waals surface area contributed by atoms with E-state index in [1.54, 1.807) is 12.1 Å². The van der Waals surface area contributed by atoms with E-state index in [0.717, 1.165) is 53.4 Å². The molecule has 4 heteroatoms. The van der Waals surface area contributed by atoms with E-state index >= 15 is 0 Å². The van der Waals surface area contributed by atoms with Crippen LogP contribution in [0, 0.1) is 52.8 Å². The van der Waals surface area contributed by atoms with E-state index in [1.807, 2.05) is 6.07 Å². The zero-order valence-electron chi connectivity index (χ0n) is 24.9. The lowest BCUT2D eigenvalue weighted by molar-refractivity contribution is -0.0148. The van der Waals surface area contributed by atoms with Crippen LogP contribution in [0.5, 0.6) is 0 Å². The molecule has 0 radical (unpaired) electrons. The molecule has 1 aromatic rings. The van der Waals surface area contributed by atoms with Crippen molar-refractivity contribution >= 4 is 19.7 Å². The van der Waals surface area contributed by atoms with Crippen molar-refractivity contribution in [3.8, 4) is 0 Å². The predicted octanol–water partition coefficient (Wildman–Crippen LogP) is 10.3. The van der Waals surface area contributed by atoms with Crippen molar-refractivity contribution in [1.29, 1.82) is 0 Å². The van der Waals surface area contributed by atoms with Crippen molar-refractivity contribution in [3.63, 3.8) is 0 Å². The van der Waals surface area contributed by atoms with Gasteiger partial charge in [-0.05, 0) is 115 Å². The van der Waals surface area contributed by atoms with Crippen LogP contribution < -0.4 is 0 Å². The molecule has 3 fully saturated rings. The number of fused-ring (bicyclic) bond motifs is 3. The van der Waals surface area contributed by atoms with E-state index in [1.165, 1.54) is 83.5 Å². The molecule has 0 amide bonds. The van der Waals surface area contributed by atoms with Gasteiger partial charge in [-0.3, -0.25) is 0 Å². The fourth-order valence-electron chi connectivity index (χ4n) is 9.48.